The number of allylic oxidation sites excluding steroid dienone is 2. The first kappa shape index (κ1) is 17.1. The largest absolute Gasteiger partial charge is 0.399 e. The molecule has 1 aliphatic carbocycles. The van der Waals surface area contributed by atoms with E-state index in [9.17, 15) is 0 Å². The van der Waals surface area contributed by atoms with Gasteiger partial charge >= 0.3 is 0 Å². The summed E-state index contributed by atoms with van der Waals surface area (Å²) in [5.74, 6) is 0. The molecular weight excluding hydrogens is 330 g/mol. The molecule has 0 radical (unpaired) electrons. The Bertz CT molecular complexity index is 1020. The lowest BCUT2D eigenvalue weighted by atomic mass is 9.78. The third-order valence-corrected chi connectivity index (χ3v) is 5.09. The van der Waals surface area contributed by atoms with Gasteiger partial charge in [-0.25, -0.2) is 0 Å². The molecule has 0 aliphatic heterocycles. The first-order valence-electron chi connectivity index (χ1n) is 9.05. The topological polar surface area (TPSA) is 78.1 Å². The first-order chi connectivity index (χ1) is 13.0. The second kappa shape index (κ2) is 6.78. The minimum Gasteiger partial charge on any atom is -0.399 e. The van der Waals surface area contributed by atoms with Gasteiger partial charge in [-0.15, -0.1) is 0 Å². The molecule has 0 spiro atoms. The Hall–Kier alpha value is -3.30. The molecule has 4 rings (SSSR count). The molecular formula is C24H23N3. The minimum atomic E-state index is -0.607. The first-order valence-corrected chi connectivity index (χ1v) is 9.05. The van der Waals surface area contributed by atoms with E-state index >= 15 is 0 Å². The van der Waals surface area contributed by atoms with Crippen molar-refractivity contribution in [3.8, 4) is 11.1 Å². The molecule has 0 bridgehead atoms. The maximum absolute atomic E-state index is 6.85. The van der Waals surface area contributed by atoms with E-state index in [2.05, 4.69) is 30.4 Å². The van der Waals surface area contributed by atoms with Gasteiger partial charge in [0.25, 0.3) is 0 Å². The van der Waals surface area contributed by atoms with E-state index in [1.165, 1.54) is 11.1 Å². The van der Waals surface area contributed by atoms with Gasteiger partial charge in [0.2, 0.25) is 0 Å². The number of anilines is 2. The molecule has 1 unspecified atom stereocenters. The zero-order valence-corrected chi connectivity index (χ0v) is 15.1. The zero-order valence-electron chi connectivity index (χ0n) is 15.1. The van der Waals surface area contributed by atoms with Crippen molar-refractivity contribution in [2.45, 2.75) is 12.0 Å². The van der Waals surface area contributed by atoms with Crippen LogP contribution in [0.15, 0.2) is 91.0 Å². The molecule has 0 heterocycles. The van der Waals surface area contributed by atoms with Crippen molar-refractivity contribution in [2.75, 3.05) is 11.5 Å². The number of nitrogens with two attached hydrogens (primary N) is 3. The predicted molar refractivity (Wildman–Crippen MR) is 115 cm³/mol. The van der Waals surface area contributed by atoms with Gasteiger partial charge in [0.15, 0.2) is 0 Å². The molecule has 3 aromatic carbocycles. The maximum Gasteiger partial charge on any atom is 0.0640 e. The van der Waals surface area contributed by atoms with E-state index in [-0.39, 0.29) is 0 Å². The highest BCUT2D eigenvalue weighted by atomic mass is 14.7. The van der Waals surface area contributed by atoms with Crippen molar-refractivity contribution in [1.29, 1.82) is 0 Å². The highest BCUT2D eigenvalue weighted by Gasteiger charge is 2.29. The van der Waals surface area contributed by atoms with E-state index in [1.807, 2.05) is 60.7 Å². The van der Waals surface area contributed by atoms with Crippen LogP contribution in [-0.4, -0.2) is 0 Å². The van der Waals surface area contributed by atoms with Gasteiger partial charge in [0.05, 0.1) is 5.54 Å². The van der Waals surface area contributed by atoms with Crippen LogP contribution in [0.4, 0.5) is 11.4 Å². The quantitative estimate of drug-likeness (QED) is 0.596. The SMILES string of the molecule is Nc1ccc(-c2ccc(N)cc2C2(N)C=CC(c3ccccc3)=CC2)cc1. The predicted octanol–water partition coefficient (Wildman–Crippen LogP) is 4.72. The van der Waals surface area contributed by atoms with E-state index in [4.69, 9.17) is 17.2 Å². The average molecular weight is 353 g/mol. The molecule has 3 nitrogen and oxygen atoms in total. The van der Waals surface area contributed by atoms with Crippen molar-refractivity contribution < 1.29 is 0 Å². The number of rotatable bonds is 3. The third kappa shape index (κ3) is 3.37. The summed E-state index contributed by atoms with van der Waals surface area (Å²) in [6, 6.07) is 24.1. The summed E-state index contributed by atoms with van der Waals surface area (Å²) in [6.07, 6.45) is 7.10. The van der Waals surface area contributed by atoms with Crippen molar-refractivity contribution in [3.05, 3.63) is 102 Å². The van der Waals surface area contributed by atoms with Crippen molar-refractivity contribution in [1.82, 2.24) is 0 Å². The molecule has 0 fully saturated rings. The summed E-state index contributed by atoms with van der Waals surface area (Å²) in [5.41, 5.74) is 25.2. The summed E-state index contributed by atoms with van der Waals surface area (Å²) in [6.45, 7) is 0. The van der Waals surface area contributed by atoms with Gasteiger partial charge in [-0.3, -0.25) is 0 Å². The second-order valence-electron chi connectivity index (χ2n) is 7.03. The second-order valence-corrected chi connectivity index (χ2v) is 7.03. The highest BCUT2D eigenvalue weighted by molar-refractivity contribution is 5.78. The lowest BCUT2D eigenvalue weighted by Crippen LogP contribution is -2.35. The molecule has 27 heavy (non-hydrogen) atoms. The van der Waals surface area contributed by atoms with Gasteiger partial charge in [-0.05, 0) is 58.5 Å². The van der Waals surface area contributed by atoms with Gasteiger partial charge in [-0.2, -0.15) is 0 Å². The van der Waals surface area contributed by atoms with Crippen LogP contribution < -0.4 is 17.2 Å². The molecule has 134 valence electrons. The normalized spacial score (nSPS) is 18.9. The third-order valence-electron chi connectivity index (χ3n) is 5.09. The van der Waals surface area contributed by atoms with E-state index in [0.717, 1.165) is 22.4 Å². The molecule has 0 aromatic heterocycles. The van der Waals surface area contributed by atoms with Crippen LogP contribution in [0.1, 0.15) is 17.5 Å². The molecule has 0 saturated heterocycles. The number of hydrogen-bond acceptors (Lipinski definition) is 3. The van der Waals surface area contributed by atoms with Gasteiger partial charge in [-0.1, -0.05) is 66.8 Å². The van der Waals surface area contributed by atoms with Crippen LogP contribution in [0.2, 0.25) is 0 Å². The maximum atomic E-state index is 6.85. The molecule has 3 aromatic rings. The summed E-state index contributed by atoms with van der Waals surface area (Å²) >= 11 is 0. The van der Waals surface area contributed by atoms with Crippen LogP contribution >= 0.6 is 0 Å². The standard InChI is InChI=1S/C24H23N3/c25-20-8-6-19(7-9-20)22-11-10-21(26)16-23(22)24(27)14-12-18(13-15-24)17-4-2-1-3-5-17/h1-14,16H,15,25-27H2. The molecule has 0 saturated carbocycles. The minimum absolute atomic E-state index is 0.607. The fraction of sp³-hybridized carbons (Fsp3) is 0.0833. The highest BCUT2D eigenvalue weighted by Crippen LogP contribution is 2.38. The molecule has 3 heteroatoms. The molecule has 1 atom stereocenters. The monoisotopic (exact) mass is 353 g/mol. The van der Waals surface area contributed by atoms with Crippen LogP contribution in [0.3, 0.4) is 0 Å². The van der Waals surface area contributed by atoms with Crippen molar-refractivity contribution >= 4 is 16.9 Å². The summed E-state index contributed by atoms with van der Waals surface area (Å²) in [4.78, 5) is 0. The Morgan fingerprint density at radius 1 is 0.741 bits per heavy atom. The Morgan fingerprint density at radius 2 is 1.44 bits per heavy atom. The van der Waals surface area contributed by atoms with Crippen molar-refractivity contribution in [2.24, 2.45) is 5.73 Å². The fourth-order valence-electron chi connectivity index (χ4n) is 3.56. The van der Waals surface area contributed by atoms with E-state index < -0.39 is 5.54 Å². The summed E-state index contributed by atoms with van der Waals surface area (Å²) < 4.78 is 0. The van der Waals surface area contributed by atoms with Crippen molar-refractivity contribution in [3.63, 3.8) is 0 Å². The Kier molecular flexibility index (Phi) is 4.30. The van der Waals surface area contributed by atoms with Gasteiger partial charge in [0, 0.05) is 11.4 Å². The van der Waals surface area contributed by atoms with E-state index in [1.54, 1.807) is 0 Å². The summed E-state index contributed by atoms with van der Waals surface area (Å²) in [7, 11) is 0. The summed E-state index contributed by atoms with van der Waals surface area (Å²) in [5, 5.41) is 0. The van der Waals surface area contributed by atoms with Crippen LogP contribution in [0.25, 0.3) is 16.7 Å². The Morgan fingerprint density at radius 3 is 2.11 bits per heavy atom. The van der Waals surface area contributed by atoms with E-state index in [0.29, 0.717) is 12.1 Å². The lowest BCUT2D eigenvalue weighted by Gasteiger charge is -2.31. The lowest BCUT2D eigenvalue weighted by molar-refractivity contribution is 0.569. The molecule has 1 aliphatic rings. The van der Waals surface area contributed by atoms with Crippen LogP contribution in [0.5, 0.6) is 0 Å². The molecule has 0 amide bonds. The average Bonchev–Trinajstić information content (AvgIpc) is 2.70. The fourth-order valence-corrected chi connectivity index (χ4v) is 3.56. The number of nitrogen functional groups attached to an aromatic ring is 2. The van der Waals surface area contributed by atoms with Crippen LogP contribution in [-0.2, 0) is 5.54 Å². The Balaban J connectivity index is 1.73. The Labute approximate surface area is 159 Å². The zero-order chi connectivity index (χ0) is 18.9. The van der Waals surface area contributed by atoms with Crippen LogP contribution in [0, 0.1) is 0 Å². The number of hydrogen-bond donors (Lipinski definition) is 3. The smallest absolute Gasteiger partial charge is 0.0640 e. The van der Waals surface area contributed by atoms with Gasteiger partial charge < -0.3 is 17.2 Å². The number of benzene rings is 3. The molecule has 6 N–H and O–H groups in total. The van der Waals surface area contributed by atoms with Gasteiger partial charge in [0.1, 0.15) is 0 Å².